The molecule has 0 radical (unpaired) electrons. The van der Waals surface area contributed by atoms with Crippen LogP contribution in [0.2, 0.25) is 0 Å². The van der Waals surface area contributed by atoms with Crippen LogP contribution in [0.15, 0.2) is 48.5 Å². The molecule has 9 heteroatoms. The standard InChI is InChI=1S/C19H17F2N3O2S2/c1-23(18(27)12-5-3-7-14(20)9-12)11-16(25)17(26)22-24(2)19(28)13-6-4-8-15(21)10-13/h3-10H,11H2,1-2H3,(H,22,26). The van der Waals surface area contributed by atoms with Crippen molar-refractivity contribution in [2.75, 3.05) is 20.6 Å². The van der Waals surface area contributed by atoms with Crippen LogP contribution in [0.3, 0.4) is 0 Å². The van der Waals surface area contributed by atoms with Gasteiger partial charge in [-0.15, -0.1) is 0 Å². The number of hydrazine groups is 1. The summed E-state index contributed by atoms with van der Waals surface area (Å²) < 4.78 is 26.6. The zero-order chi connectivity index (χ0) is 20.8. The van der Waals surface area contributed by atoms with Gasteiger partial charge in [-0.3, -0.25) is 20.0 Å². The number of likely N-dealkylation sites (N-methyl/N-ethyl adjacent to an activating group) is 1. The van der Waals surface area contributed by atoms with Crippen LogP contribution < -0.4 is 5.43 Å². The molecular weight excluding hydrogens is 404 g/mol. The van der Waals surface area contributed by atoms with Crippen molar-refractivity contribution in [3.05, 3.63) is 71.3 Å². The molecule has 0 saturated carbocycles. The molecule has 0 fully saturated rings. The van der Waals surface area contributed by atoms with Gasteiger partial charge in [0.25, 0.3) is 0 Å². The average molecular weight is 421 g/mol. The van der Waals surface area contributed by atoms with Crippen molar-refractivity contribution in [3.8, 4) is 0 Å². The van der Waals surface area contributed by atoms with Gasteiger partial charge < -0.3 is 4.90 Å². The lowest BCUT2D eigenvalue weighted by Crippen LogP contribution is -2.48. The number of benzene rings is 2. The number of Topliss-reactive ketones (excluding diaryl/α,β-unsaturated/α-hetero) is 1. The van der Waals surface area contributed by atoms with Crippen molar-refractivity contribution in [2.24, 2.45) is 0 Å². The molecule has 0 aliphatic carbocycles. The van der Waals surface area contributed by atoms with Crippen molar-refractivity contribution >= 4 is 46.1 Å². The van der Waals surface area contributed by atoms with Gasteiger partial charge in [0.1, 0.15) is 21.6 Å². The molecule has 0 bridgehead atoms. The zero-order valence-electron chi connectivity index (χ0n) is 15.1. The molecule has 1 N–H and O–H groups in total. The third kappa shape index (κ3) is 5.61. The summed E-state index contributed by atoms with van der Waals surface area (Å²) in [5, 5.41) is 1.16. The summed E-state index contributed by atoms with van der Waals surface area (Å²) in [6, 6.07) is 11.2. The quantitative estimate of drug-likeness (QED) is 0.455. The highest BCUT2D eigenvalue weighted by Crippen LogP contribution is 2.09. The van der Waals surface area contributed by atoms with Gasteiger partial charge in [-0.05, 0) is 24.3 Å². The maximum absolute atomic E-state index is 13.3. The lowest BCUT2D eigenvalue weighted by molar-refractivity contribution is -0.139. The molecule has 0 aromatic heterocycles. The summed E-state index contributed by atoms with van der Waals surface area (Å²) in [5.74, 6) is -2.60. The second-order valence-electron chi connectivity index (χ2n) is 5.91. The highest BCUT2D eigenvalue weighted by molar-refractivity contribution is 7.80. The molecule has 146 valence electrons. The smallest absolute Gasteiger partial charge is 0.307 e. The van der Waals surface area contributed by atoms with Crippen molar-refractivity contribution in [1.82, 2.24) is 15.3 Å². The Morgan fingerprint density at radius 1 is 0.929 bits per heavy atom. The molecule has 0 saturated heterocycles. The molecule has 2 aromatic carbocycles. The minimum absolute atomic E-state index is 0.143. The molecular formula is C19H17F2N3O2S2. The van der Waals surface area contributed by atoms with Crippen LogP contribution >= 0.6 is 24.4 Å². The van der Waals surface area contributed by atoms with E-state index in [1.54, 1.807) is 12.1 Å². The Bertz CT molecular complexity index is 861. The summed E-state index contributed by atoms with van der Waals surface area (Å²) in [6.45, 7) is -0.304. The zero-order valence-corrected chi connectivity index (χ0v) is 16.7. The molecule has 0 unspecified atom stereocenters. The lowest BCUT2D eigenvalue weighted by atomic mass is 10.2. The molecule has 0 aliphatic heterocycles. The number of amides is 1. The van der Waals surface area contributed by atoms with E-state index >= 15 is 0 Å². The molecule has 1 amide bonds. The highest BCUT2D eigenvalue weighted by atomic mass is 32.1. The van der Waals surface area contributed by atoms with E-state index in [1.165, 1.54) is 55.4 Å². The van der Waals surface area contributed by atoms with E-state index in [9.17, 15) is 18.4 Å². The summed E-state index contributed by atoms with van der Waals surface area (Å²) >= 11 is 10.4. The number of nitrogens with zero attached hydrogens (tertiary/aromatic N) is 2. The van der Waals surface area contributed by atoms with Crippen LogP contribution in [0.5, 0.6) is 0 Å². The molecule has 0 atom stereocenters. The van der Waals surface area contributed by atoms with Crippen molar-refractivity contribution in [2.45, 2.75) is 0 Å². The first kappa shape index (κ1) is 21.5. The van der Waals surface area contributed by atoms with E-state index in [0.29, 0.717) is 11.1 Å². The molecule has 5 nitrogen and oxygen atoms in total. The van der Waals surface area contributed by atoms with Crippen LogP contribution in [0.4, 0.5) is 8.78 Å². The minimum atomic E-state index is -0.907. The van der Waals surface area contributed by atoms with Crippen LogP contribution in [0, 0.1) is 11.6 Å². The number of carbonyl (C=O) groups is 2. The number of ketones is 1. The molecule has 2 rings (SSSR count). The number of halogens is 2. The molecule has 0 spiro atoms. The number of hydrogen-bond donors (Lipinski definition) is 1. The maximum Gasteiger partial charge on any atom is 0.307 e. The number of nitrogens with one attached hydrogen (secondary N) is 1. The first-order valence-electron chi connectivity index (χ1n) is 8.07. The Morgan fingerprint density at radius 3 is 1.93 bits per heavy atom. The Hall–Kier alpha value is -2.78. The predicted molar refractivity (Wildman–Crippen MR) is 110 cm³/mol. The second-order valence-corrected chi connectivity index (χ2v) is 6.68. The van der Waals surface area contributed by atoms with Crippen LogP contribution in [0.25, 0.3) is 0 Å². The van der Waals surface area contributed by atoms with E-state index in [4.69, 9.17) is 24.4 Å². The summed E-state index contributed by atoms with van der Waals surface area (Å²) in [7, 11) is 2.97. The Morgan fingerprint density at radius 2 is 1.43 bits per heavy atom. The van der Waals surface area contributed by atoms with E-state index in [2.05, 4.69) is 5.43 Å². The first-order chi connectivity index (χ1) is 13.2. The fraction of sp³-hybridized carbons (Fsp3) is 0.158. The third-order valence-electron chi connectivity index (χ3n) is 3.70. The topological polar surface area (TPSA) is 52.7 Å². The van der Waals surface area contributed by atoms with Gasteiger partial charge in [0.15, 0.2) is 0 Å². The van der Waals surface area contributed by atoms with Crippen LogP contribution in [0.1, 0.15) is 11.1 Å². The SMILES string of the molecule is CN(CC(=O)C(=O)NN(C)C(=S)c1cccc(F)c1)C(=S)c1cccc(F)c1. The fourth-order valence-electron chi connectivity index (χ4n) is 2.28. The minimum Gasteiger partial charge on any atom is -0.357 e. The van der Waals surface area contributed by atoms with E-state index in [0.717, 1.165) is 5.01 Å². The first-order valence-corrected chi connectivity index (χ1v) is 8.89. The summed E-state index contributed by atoms with van der Waals surface area (Å²) in [4.78, 5) is 26.1. The molecule has 2 aromatic rings. The van der Waals surface area contributed by atoms with Gasteiger partial charge in [0, 0.05) is 25.2 Å². The third-order valence-corrected chi connectivity index (χ3v) is 4.75. The van der Waals surface area contributed by atoms with E-state index in [1.807, 2.05) is 0 Å². The summed E-state index contributed by atoms with van der Waals surface area (Å²) in [5.41, 5.74) is 3.15. The van der Waals surface area contributed by atoms with Crippen LogP contribution in [-0.4, -0.2) is 52.2 Å². The van der Waals surface area contributed by atoms with Gasteiger partial charge in [-0.1, -0.05) is 48.7 Å². The van der Waals surface area contributed by atoms with Crippen molar-refractivity contribution < 1.29 is 18.4 Å². The number of carbonyl (C=O) groups excluding carboxylic acids is 2. The molecule has 0 aliphatic rings. The highest BCUT2D eigenvalue weighted by Gasteiger charge is 2.20. The maximum atomic E-state index is 13.3. The van der Waals surface area contributed by atoms with Gasteiger partial charge in [-0.2, -0.15) is 0 Å². The molecule has 28 heavy (non-hydrogen) atoms. The Kier molecular flexibility index (Phi) is 7.24. The normalized spacial score (nSPS) is 10.1. The van der Waals surface area contributed by atoms with Crippen molar-refractivity contribution in [1.29, 1.82) is 0 Å². The Labute approximate surface area is 171 Å². The van der Waals surface area contributed by atoms with Gasteiger partial charge >= 0.3 is 5.91 Å². The number of hydrogen-bond acceptors (Lipinski definition) is 4. The average Bonchev–Trinajstić information content (AvgIpc) is 2.66. The molecule has 0 heterocycles. The largest absolute Gasteiger partial charge is 0.357 e. The predicted octanol–water partition coefficient (Wildman–Crippen LogP) is 2.48. The van der Waals surface area contributed by atoms with Gasteiger partial charge in [-0.25, -0.2) is 8.78 Å². The van der Waals surface area contributed by atoms with E-state index < -0.39 is 23.3 Å². The number of thiocarbonyl (C=S) groups is 2. The fourth-order valence-corrected chi connectivity index (χ4v) is 2.65. The van der Waals surface area contributed by atoms with Crippen LogP contribution in [-0.2, 0) is 9.59 Å². The Balaban J connectivity index is 1.95. The van der Waals surface area contributed by atoms with Gasteiger partial charge in [0.2, 0.25) is 5.78 Å². The van der Waals surface area contributed by atoms with Gasteiger partial charge in [0.05, 0.1) is 6.54 Å². The lowest BCUT2D eigenvalue weighted by Gasteiger charge is -2.22. The van der Waals surface area contributed by atoms with Crippen molar-refractivity contribution in [3.63, 3.8) is 0 Å². The van der Waals surface area contributed by atoms with E-state index in [-0.39, 0.29) is 16.5 Å². The second kappa shape index (κ2) is 9.43. The summed E-state index contributed by atoms with van der Waals surface area (Å²) in [6.07, 6.45) is 0. The number of rotatable bonds is 5. The monoisotopic (exact) mass is 421 g/mol.